The molecule has 2 N–H and O–H groups in total. The highest BCUT2D eigenvalue weighted by atomic mass is 32.2. The Kier molecular flexibility index (Phi) is 8.10. The number of nitrogens with one attached hydrogen (secondary N) is 2. The van der Waals surface area contributed by atoms with E-state index in [4.69, 9.17) is 13.7 Å². The van der Waals surface area contributed by atoms with Gasteiger partial charge in [0.25, 0.3) is 5.91 Å². The van der Waals surface area contributed by atoms with Crippen molar-refractivity contribution in [3.05, 3.63) is 77.9 Å². The molecule has 1 amide bonds. The third-order valence-electron chi connectivity index (χ3n) is 4.65. The lowest BCUT2D eigenvalue weighted by Gasteiger charge is -2.11. The molecule has 3 aromatic rings. The number of amides is 1. The van der Waals surface area contributed by atoms with Crippen LogP contribution in [-0.4, -0.2) is 41.3 Å². The molecule has 0 heterocycles. The lowest BCUT2D eigenvalue weighted by Crippen LogP contribution is -2.26. The number of carbonyl (C=O) groups excluding carboxylic acids is 1. The van der Waals surface area contributed by atoms with E-state index in [-0.39, 0.29) is 28.8 Å². The number of hydrogen-bond acceptors (Lipinski definition) is 8. The average molecular weight is 484 g/mol. The van der Waals surface area contributed by atoms with Gasteiger partial charge in [0.05, 0.1) is 32.7 Å². The van der Waals surface area contributed by atoms with Crippen LogP contribution < -0.4 is 24.4 Å². The van der Waals surface area contributed by atoms with Gasteiger partial charge in [-0.25, -0.2) is 5.43 Å². The van der Waals surface area contributed by atoms with Gasteiger partial charge in [-0.1, -0.05) is 29.8 Å². The molecule has 0 spiro atoms. The summed E-state index contributed by atoms with van der Waals surface area (Å²) in [5, 5.41) is 6.89. The van der Waals surface area contributed by atoms with Crippen LogP contribution in [0.3, 0.4) is 0 Å². The number of benzene rings is 3. The molecule has 0 aromatic heterocycles. The van der Waals surface area contributed by atoms with Crippen LogP contribution in [0.1, 0.15) is 11.1 Å². The summed E-state index contributed by atoms with van der Waals surface area (Å²) in [6, 6.07) is 18.2. The Labute approximate surface area is 198 Å². The van der Waals surface area contributed by atoms with Gasteiger partial charge in [0.2, 0.25) is 0 Å². The zero-order valence-corrected chi connectivity index (χ0v) is 19.8. The molecule has 0 aliphatic carbocycles. The first kappa shape index (κ1) is 24.6. The fourth-order valence-corrected chi connectivity index (χ4v) is 3.83. The summed E-state index contributed by atoms with van der Waals surface area (Å²) in [7, 11) is -1.08. The summed E-state index contributed by atoms with van der Waals surface area (Å²) in [4.78, 5) is 12.1. The van der Waals surface area contributed by atoms with E-state index >= 15 is 0 Å². The van der Waals surface area contributed by atoms with Gasteiger partial charge in [0.15, 0.2) is 11.5 Å². The molecule has 3 rings (SSSR count). The van der Waals surface area contributed by atoms with Gasteiger partial charge < -0.3 is 19.0 Å². The van der Waals surface area contributed by atoms with Crippen LogP contribution in [0.2, 0.25) is 0 Å². The minimum Gasteiger partial charge on any atom is -0.495 e. The summed E-state index contributed by atoms with van der Waals surface area (Å²) in [6.45, 7) is 1.85. The van der Waals surface area contributed by atoms with Crippen LogP contribution >= 0.6 is 0 Å². The van der Waals surface area contributed by atoms with E-state index in [0.717, 1.165) is 5.56 Å². The van der Waals surface area contributed by atoms with Crippen LogP contribution in [-0.2, 0) is 14.9 Å². The Bertz CT molecular complexity index is 1270. The van der Waals surface area contributed by atoms with Gasteiger partial charge in [0.1, 0.15) is 10.6 Å². The Morgan fingerprint density at radius 2 is 1.65 bits per heavy atom. The quantitative estimate of drug-likeness (QED) is 0.258. The van der Waals surface area contributed by atoms with Gasteiger partial charge in [-0.15, -0.1) is 0 Å². The summed E-state index contributed by atoms with van der Waals surface area (Å²) < 4.78 is 40.8. The summed E-state index contributed by atoms with van der Waals surface area (Å²) in [5.41, 5.74) is 4.60. The maximum atomic E-state index is 12.6. The van der Waals surface area contributed by atoms with Crippen LogP contribution in [0.5, 0.6) is 17.2 Å². The van der Waals surface area contributed by atoms with E-state index < -0.39 is 10.1 Å². The van der Waals surface area contributed by atoms with Crippen LogP contribution in [0.4, 0.5) is 5.69 Å². The van der Waals surface area contributed by atoms with E-state index in [0.29, 0.717) is 17.0 Å². The molecular weight excluding hydrogens is 458 g/mol. The van der Waals surface area contributed by atoms with Crippen molar-refractivity contribution in [2.45, 2.75) is 11.8 Å². The third-order valence-corrected chi connectivity index (χ3v) is 5.89. The van der Waals surface area contributed by atoms with Gasteiger partial charge in [0, 0.05) is 0 Å². The van der Waals surface area contributed by atoms with Crippen molar-refractivity contribution in [3.63, 3.8) is 0 Å². The normalized spacial score (nSPS) is 11.1. The van der Waals surface area contributed by atoms with Crippen molar-refractivity contribution >= 4 is 27.9 Å². The van der Waals surface area contributed by atoms with Crippen LogP contribution in [0.25, 0.3) is 0 Å². The Hall–Kier alpha value is -4.05. The molecule has 0 aliphatic rings. The van der Waals surface area contributed by atoms with Crippen molar-refractivity contribution in [2.75, 3.05) is 26.1 Å². The number of nitrogens with zero attached hydrogens (tertiary/aromatic N) is 1. The average Bonchev–Trinajstić information content (AvgIpc) is 2.83. The number of anilines is 1. The van der Waals surface area contributed by atoms with Crippen LogP contribution in [0, 0.1) is 6.92 Å². The topological polar surface area (TPSA) is 115 Å². The van der Waals surface area contributed by atoms with E-state index in [1.54, 1.807) is 43.5 Å². The largest absolute Gasteiger partial charge is 0.495 e. The van der Waals surface area contributed by atoms with E-state index in [1.807, 2.05) is 19.1 Å². The van der Waals surface area contributed by atoms with Crippen molar-refractivity contribution in [1.82, 2.24) is 5.43 Å². The number of aryl methyl sites for hydroxylation is 1. The molecule has 0 saturated heterocycles. The lowest BCUT2D eigenvalue weighted by atomic mass is 10.2. The molecule has 0 fully saturated rings. The summed E-state index contributed by atoms with van der Waals surface area (Å²) >= 11 is 0. The predicted octanol–water partition coefficient (Wildman–Crippen LogP) is 3.34. The van der Waals surface area contributed by atoms with Crippen molar-refractivity contribution in [3.8, 4) is 17.2 Å². The number of hydrazone groups is 1. The second-order valence-corrected chi connectivity index (χ2v) is 8.65. The highest BCUT2D eigenvalue weighted by Crippen LogP contribution is 2.30. The second-order valence-electron chi connectivity index (χ2n) is 7.11. The van der Waals surface area contributed by atoms with Crippen molar-refractivity contribution in [1.29, 1.82) is 0 Å². The Balaban J connectivity index is 1.61. The zero-order valence-electron chi connectivity index (χ0n) is 18.9. The number of ether oxygens (including phenoxy) is 2. The van der Waals surface area contributed by atoms with Crippen LogP contribution in [0.15, 0.2) is 76.7 Å². The second kappa shape index (κ2) is 11.2. The van der Waals surface area contributed by atoms with Gasteiger partial charge in [-0.2, -0.15) is 13.5 Å². The molecule has 0 atom stereocenters. The van der Waals surface area contributed by atoms with Gasteiger partial charge in [-0.3, -0.25) is 4.79 Å². The molecular formula is C24H25N3O6S. The molecule has 3 aromatic carbocycles. The van der Waals surface area contributed by atoms with Gasteiger partial charge in [-0.05, 0) is 55.0 Å². The zero-order chi connectivity index (χ0) is 24.6. The van der Waals surface area contributed by atoms with E-state index in [9.17, 15) is 13.2 Å². The Morgan fingerprint density at radius 3 is 2.35 bits per heavy atom. The van der Waals surface area contributed by atoms with Crippen molar-refractivity contribution in [2.24, 2.45) is 5.10 Å². The first-order valence-corrected chi connectivity index (χ1v) is 11.6. The molecule has 178 valence electrons. The fourth-order valence-electron chi connectivity index (χ4n) is 2.89. The molecule has 10 heteroatoms. The number of carbonyl (C=O) groups is 1. The first-order valence-electron chi connectivity index (χ1n) is 10.2. The SMILES string of the molecule is COc1ccccc1NCC(=O)NN=Cc1ccc(OS(=O)(=O)c2ccc(C)cc2)c(OC)c1. The molecule has 0 unspecified atom stereocenters. The Morgan fingerprint density at radius 1 is 0.941 bits per heavy atom. The number of hydrogen-bond donors (Lipinski definition) is 2. The highest BCUT2D eigenvalue weighted by Gasteiger charge is 2.19. The molecule has 0 aliphatic heterocycles. The van der Waals surface area contributed by atoms with Crippen molar-refractivity contribution < 1.29 is 26.9 Å². The third kappa shape index (κ3) is 6.48. The number of rotatable bonds is 10. The lowest BCUT2D eigenvalue weighted by molar-refractivity contribution is -0.119. The fraction of sp³-hybridized carbons (Fsp3) is 0.167. The monoisotopic (exact) mass is 483 g/mol. The smallest absolute Gasteiger partial charge is 0.339 e. The highest BCUT2D eigenvalue weighted by molar-refractivity contribution is 7.87. The molecule has 9 nitrogen and oxygen atoms in total. The standard InChI is InChI=1S/C24H25N3O6S/c1-17-8-11-19(12-9-17)34(29,30)33-22-13-10-18(14-23(22)32-3)15-26-27-24(28)16-25-20-6-4-5-7-21(20)31-2/h4-15,25H,16H2,1-3H3,(H,27,28). The predicted molar refractivity (Wildman–Crippen MR) is 129 cm³/mol. The molecule has 34 heavy (non-hydrogen) atoms. The maximum absolute atomic E-state index is 12.6. The minimum atomic E-state index is -4.02. The maximum Gasteiger partial charge on any atom is 0.339 e. The van der Waals surface area contributed by atoms with E-state index in [2.05, 4.69) is 15.8 Å². The molecule has 0 saturated carbocycles. The summed E-state index contributed by atoms with van der Waals surface area (Å²) in [5.74, 6) is 0.491. The van der Waals surface area contributed by atoms with Gasteiger partial charge >= 0.3 is 10.1 Å². The van der Waals surface area contributed by atoms with E-state index in [1.165, 1.54) is 31.5 Å². The molecule has 0 radical (unpaired) electrons. The number of methoxy groups -OCH3 is 2. The molecule has 0 bridgehead atoms. The minimum absolute atomic E-state index is 0.00924. The summed E-state index contributed by atoms with van der Waals surface area (Å²) in [6.07, 6.45) is 1.40. The first-order chi connectivity index (χ1) is 16.3. The number of para-hydroxylation sites is 2.